The van der Waals surface area contributed by atoms with Crippen molar-refractivity contribution in [3.05, 3.63) is 29.6 Å². The van der Waals surface area contributed by atoms with Crippen LogP contribution in [0.4, 0.5) is 0 Å². The van der Waals surface area contributed by atoms with Crippen molar-refractivity contribution in [3.8, 4) is 0 Å². The van der Waals surface area contributed by atoms with Crippen molar-refractivity contribution in [2.45, 2.75) is 0 Å². The molecular formula is C9H11Cl2NO4. The van der Waals surface area contributed by atoms with Gasteiger partial charge in [0, 0.05) is 12.4 Å². The molecule has 0 saturated heterocycles. The number of methoxy groups -OCH3 is 2. The van der Waals surface area contributed by atoms with Crippen LogP contribution < -0.4 is 0 Å². The molecule has 0 spiro atoms. The Balaban J connectivity index is 0. The van der Waals surface area contributed by atoms with E-state index in [1.807, 2.05) is 0 Å². The lowest BCUT2D eigenvalue weighted by atomic mass is 10.2. The summed E-state index contributed by atoms with van der Waals surface area (Å²) in [4.78, 5) is 25.8. The smallest absolute Gasteiger partial charge is 0.339 e. The summed E-state index contributed by atoms with van der Waals surface area (Å²) in [6, 6.07) is 1.37. The molecule has 0 aliphatic rings. The largest absolute Gasteiger partial charge is 0.465 e. The van der Waals surface area contributed by atoms with Crippen molar-refractivity contribution in [2.24, 2.45) is 0 Å². The summed E-state index contributed by atoms with van der Waals surface area (Å²) in [6.07, 6.45) is 2.64. The first kappa shape index (κ1) is 17.1. The molecule has 0 aliphatic carbocycles. The zero-order chi connectivity index (χ0) is 10.6. The number of hydrogen-bond donors (Lipinski definition) is 0. The maximum atomic E-state index is 11.1. The maximum absolute atomic E-state index is 11.1. The second-order valence-electron chi connectivity index (χ2n) is 2.45. The topological polar surface area (TPSA) is 65.5 Å². The van der Waals surface area contributed by atoms with E-state index in [4.69, 9.17) is 0 Å². The third-order valence-electron chi connectivity index (χ3n) is 1.58. The minimum atomic E-state index is -0.539. The fourth-order valence-corrected chi connectivity index (χ4v) is 0.899. The van der Waals surface area contributed by atoms with Gasteiger partial charge in [-0.2, -0.15) is 0 Å². The summed E-state index contributed by atoms with van der Waals surface area (Å²) in [5.41, 5.74) is 0.436. The van der Waals surface area contributed by atoms with E-state index in [9.17, 15) is 9.59 Å². The highest BCUT2D eigenvalue weighted by molar-refractivity contribution is 5.94. The average molecular weight is 268 g/mol. The molecule has 0 aromatic carbocycles. The molecular weight excluding hydrogens is 257 g/mol. The van der Waals surface area contributed by atoms with Gasteiger partial charge >= 0.3 is 11.9 Å². The van der Waals surface area contributed by atoms with Gasteiger partial charge in [-0.25, -0.2) is 9.59 Å². The number of rotatable bonds is 2. The minimum absolute atomic E-state index is 0. The second-order valence-corrected chi connectivity index (χ2v) is 2.45. The van der Waals surface area contributed by atoms with Crippen molar-refractivity contribution < 1.29 is 19.1 Å². The summed E-state index contributed by atoms with van der Waals surface area (Å²) in [7, 11) is 2.51. The van der Waals surface area contributed by atoms with Crippen LogP contribution >= 0.6 is 24.8 Å². The van der Waals surface area contributed by atoms with Gasteiger partial charge in [-0.3, -0.25) is 4.98 Å². The molecule has 0 amide bonds. The van der Waals surface area contributed by atoms with Gasteiger partial charge < -0.3 is 9.47 Å². The number of esters is 2. The molecule has 0 aliphatic heterocycles. The third-order valence-corrected chi connectivity index (χ3v) is 1.58. The highest BCUT2D eigenvalue weighted by Crippen LogP contribution is 2.05. The predicted octanol–water partition coefficient (Wildman–Crippen LogP) is 1.50. The number of carbonyl (C=O) groups is 2. The summed E-state index contributed by atoms with van der Waals surface area (Å²) >= 11 is 0. The molecule has 7 heteroatoms. The van der Waals surface area contributed by atoms with Gasteiger partial charge in [-0.15, -0.1) is 24.8 Å². The molecule has 0 atom stereocenters. The fourth-order valence-electron chi connectivity index (χ4n) is 0.899. The van der Waals surface area contributed by atoms with Gasteiger partial charge in [0.05, 0.1) is 25.3 Å². The van der Waals surface area contributed by atoms with E-state index in [1.165, 1.54) is 32.7 Å². The van der Waals surface area contributed by atoms with Gasteiger partial charge in [0.15, 0.2) is 0 Å². The molecule has 0 unspecified atom stereocenters. The summed E-state index contributed by atoms with van der Waals surface area (Å²) < 4.78 is 8.95. The minimum Gasteiger partial charge on any atom is -0.465 e. The number of pyridine rings is 1. The zero-order valence-electron chi connectivity index (χ0n) is 8.63. The fraction of sp³-hybridized carbons (Fsp3) is 0.222. The predicted molar refractivity (Wildman–Crippen MR) is 61.4 cm³/mol. The first-order chi connectivity index (χ1) is 6.69. The van der Waals surface area contributed by atoms with E-state index in [-0.39, 0.29) is 35.9 Å². The highest BCUT2D eigenvalue weighted by atomic mass is 35.5. The van der Waals surface area contributed by atoms with Crippen LogP contribution in [0.5, 0.6) is 0 Å². The Morgan fingerprint density at radius 2 is 1.38 bits per heavy atom. The van der Waals surface area contributed by atoms with E-state index < -0.39 is 11.9 Å². The number of aromatic nitrogens is 1. The number of hydrogen-bond acceptors (Lipinski definition) is 5. The standard InChI is InChI=1S/C9H9NO4.2ClH/c1-13-8(11)6-3-7(5-10-4-6)9(12)14-2;;/h3-5H,1-2H3;2*1H. The van der Waals surface area contributed by atoms with Crippen LogP contribution in [0.2, 0.25) is 0 Å². The Kier molecular flexibility index (Phi) is 8.43. The van der Waals surface area contributed by atoms with Crippen LogP contribution in [-0.4, -0.2) is 31.1 Å². The molecule has 1 heterocycles. The Morgan fingerprint density at radius 3 is 1.69 bits per heavy atom. The van der Waals surface area contributed by atoms with Gasteiger partial charge in [-0.1, -0.05) is 0 Å². The molecule has 0 saturated carbocycles. The zero-order valence-corrected chi connectivity index (χ0v) is 10.3. The number of nitrogens with zero attached hydrogens (tertiary/aromatic N) is 1. The molecule has 1 aromatic rings. The Morgan fingerprint density at radius 1 is 1.00 bits per heavy atom. The van der Waals surface area contributed by atoms with Crippen molar-refractivity contribution in [1.82, 2.24) is 4.98 Å². The third kappa shape index (κ3) is 4.04. The lowest BCUT2D eigenvalue weighted by Gasteiger charge is -2.01. The molecule has 1 rings (SSSR count). The van der Waals surface area contributed by atoms with Crippen LogP contribution in [0.3, 0.4) is 0 Å². The van der Waals surface area contributed by atoms with E-state index in [0.717, 1.165) is 0 Å². The molecule has 0 N–H and O–H groups in total. The maximum Gasteiger partial charge on any atom is 0.339 e. The number of carbonyl (C=O) groups excluding carboxylic acids is 2. The van der Waals surface area contributed by atoms with E-state index >= 15 is 0 Å². The first-order valence-corrected chi connectivity index (χ1v) is 3.80. The molecule has 0 fully saturated rings. The molecule has 0 radical (unpaired) electrons. The lowest BCUT2D eigenvalue weighted by molar-refractivity contribution is 0.0598. The Bertz CT molecular complexity index is 339. The van der Waals surface area contributed by atoms with Crippen molar-refractivity contribution in [1.29, 1.82) is 0 Å². The van der Waals surface area contributed by atoms with Crippen LogP contribution in [0.1, 0.15) is 20.7 Å². The average Bonchev–Trinajstić information content (AvgIpc) is 2.27. The number of halogens is 2. The summed E-state index contributed by atoms with van der Waals surface area (Å²) in [5.74, 6) is -1.08. The van der Waals surface area contributed by atoms with Crippen molar-refractivity contribution >= 4 is 36.8 Å². The quantitative estimate of drug-likeness (QED) is 0.760. The van der Waals surface area contributed by atoms with E-state index in [0.29, 0.717) is 0 Å². The Labute approximate surface area is 105 Å². The SMILES string of the molecule is COC(=O)c1cncc(C(=O)OC)c1.Cl.Cl. The van der Waals surface area contributed by atoms with Crippen LogP contribution in [0.25, 0.3) is 0 Å². The van der Waals surface area contributed by atoms with E-state index in [1.54, 1.807) is 0 Å². The lowest BCUT2D eigenvalue weighted by Crippen LogP contribution is -2.06. The molecule has 1 aromatic heterocycles. The van der Waals surface area contributed by atoms with Crippen molar-refractivity contribution in [3.63, 3.8) is 0 Å². The van der Waals surface area contributed by atoms with Crippen LogP contribution in [0.15, 0.2) is 18.5 Å². The molecule has 5 nitrogen and oxygen atoms in total. The van der Waals surface area contributed by atoms with E-state index in [2.05, 4.69) is 14.5 Å². The first-order valence-electron chi connectivity index (χ1n) is 3.80. The number of ether oxygens (including phenoxy) is 2. The van der Waals surface area contributed by atoms with Gasteiger partial charge in [0.1, 0.15) is 0 Å². The summed E-state index contributed by atoms with van der Waals surface area (Å²) in [6.45, 7) is 0. The van der Waals surface area contributed by atoms with Crippen LogP contribution in [-0.2, 0) is 9.47 Å². The molecule has 90 valence electrons. The molecule has 0 bridgehead atoms. The second kappa shape index (κ2) is 7.90. The van der Waals surface area contributed by atoms with Gasteiger partial charge in [-0.05, 0) is 6.07 Å². The molecule has 16 heavy (non-hydrogen) atoms. The van der Waals surface area contributed by atoms with Gasteiger partial charge in [0.25, 0.3) is 0 Å². The monoisotopic (exact) mass is 267 g/mol. The van der Waals surface area contributed by atoms with Crippen molar-refractivity contribution in [2.75, 3.05) is 14.2 Å². The Hall–Kier alpha value is -1.33. The van der Waals surface area contributed by atoms with Crippen LogP contribution in [0, 0.1) is 0 Å². The highest BCUT2D eigenvalue weighted by Gasteiger charge is 2.10. The van der Waals surface area contributed by atoms with Gasteiger partial charge in [0.2, 0.25) is 0 Å². The summed E-state index contributed by atoms with van der Waals surface area (Å²) in [5, 5.41) is 0. The normalized spacial score (nSPS) is 8.12.